The van der Waals surface area contributed by atoms with Gasteiger partial charge >= 0.3 is 5.97 Å². The number of aryl methyl sites for hydroxylation is 1. The Morgan fingerprint density at radius 1 is 0.933 bits per heavy atom. The van der Waals surface area contributed by atoms with E-state index in [2.05, 4.69) is 30.6 Å². The standard InChI is InChI=1S/C22H16N6O2/c1-13-23-19-8-4-7-18(20(19)24-13)22(29)30-15-11-9-14(10-12-15)16-5-2-3-6-17(16)21-25-27-28-26-21/h2-12H,1H3,(H,23,24)(H,25,26,27,28). The molecule has 2 N–H and O–H groups in total. The van der Waals surface area contributed by atoms with Gasteiger partial charge in [-0.1, -0.05) is 42.5 Å². The van der Waals surface area contributed by atoms with E-state index in [0.717, 1.165) is 28.0 Å². The van der Waals surface area contributed by atoms with Crippen molar-refractivity contribution in [1.29, 1.82) is 0 Å². The van der Waals surface area contributed by atoms with Crippen LogP contribution in [0.15, 0.2) is 66.7 Å². The number of esters is 1. The van der Waals surface area contributed by atoms with Crippen LogP contribution in [0.4, 0.5) is 0 Å². The molecule has 0 saturated heterocycles. The van der Waals surface area contributed by atoms with Crippen LogP contribution < -0.4 is 4.74 Å². The summed E-state index contributed by atoms with van der Waals surface area (Å²) in [5.74, 6) is 1.26. The minimum atomic E-state index is -0.452. The zero-order chi connectivity index (χ0) is 20.5. The molecule has 2 heterocycles. The summed E-state index contributed by atoms with van der Waals surface area (Å²) in [4.78, 5) is 20.2. The number of ether oxygens (including phenoxy) is 1. The lowest BCUT2D eigenvalue weighted by molar-refractivity contribution is 0.0736. The van der Waals surface area contributed by atoms with Crippen LogP contribution in [0.5, 0.6) is 5.75 Å². The Hall–Kier alpha value is -4.33. The number of hydrogen-bond acceptors (Lipinski definition) is 6. The first-order chi connectivity index (χ1) is 14.7. The van der Waals surface area contributed by atoms with E-state index in [1.807, 2.05) is 49.4 Å². The number of carbonyl (C=O) groups is 1. The molecule has 0 aliphatic heterocycles. The number of tetrazole rings is 1. The average Bonchev–Trinajstić information content (AvgIpc) is 3.43. The van der Waals surface area contributed by atoms with Gasteiger partial charge < -0.3 is 9.72 Å². The SMILES string of the molecule is Cc1nc2c(C(=O)Oc3ccc(-c4ccccc4-c4nn[nH]n4)cc3)cccc2[nH]1. The van der Waals surface area contributed by atoms with E-state index in [0.29, 0.717) is 22.7 Å². The number of rotatable bonds is 4. The Morgan fingerprint density at radius 3 is 2.50 bits per heavy atom. The number of H-pyrrole nitrogens is 2. The largest absolute Gasteiger partial charge is 0.423 e. The van der Waals surface area contributed by atoms with E-state index < -0.39 is 5.97 Å². The van der Waals surface area contributed by atoms with E-state index in [4.69, 9.17) is 4.74 Å². The average molecular weight is 396 g/mol. The zero-order valence-electron chi connectivity index (χ0n) is 16.0. The molecule has 8 nitrogen and oxygen atoms in total. The van der Waals surface area contributed by atoms with Gasteiger partial charge in [-0.3, -0.25) is 0 Å². The van der Waals surface area contributed by atoms with Crippen LogP contribution in [0.3, 0.4) is 0 Å². The van der Waals surface area contributed by atoms with E-state index in [1.54, 1.807) is 24.3 Å². The number of fused-ring (bicyclic) bond motifs is 1. The molecule has 0 aliphatic rings. The third-order valence-electron chi connectivity index (χ3n) is 4.74. The van der Waals surface area contributed by atoms with Crippen molar-refractivity contribution in [2.75, 3.05) is 0 Å². The summed E-state index contributed by atoms with van der Waals surface area (Å²) < 4.78 is 5.58. The van der Waals surface area contributed by atoms with Gasteiger partial charge in [-0.25, -0.2) is 9.78 Å². The highest BCUT2D eigenvalue weighted by atomic mass is 16.5. The van der Waals surface area contributed by atoms with Crippen LogP contribution >= 0.6 is 0 Å². The molecule has 0 saturated carbocycles. The molecular weight excluding hydrogens is 380 g/mol. The van der Waals surface area contributed by atoms with Crippen molar-refractivity contribution >= 4 is 17.0 Å². The van der Waals surface area contributed by atoms with Crippen molar-refractivity contribution in [2.24, 2.45) is 0 Å². The molecule has 0 fully saturated rings. The Bertz CT molecular complexity index is 1340. The fourth-order valence-corrected chi connectivity index (χ4v) is 3.39. The highest BCUT2D eigenvalue weighted by Gasteiger charge is 2.16. The Balaban J connectivity index is 1.42. The van der Waals surface area contributed by atoms with Crippen LogP contribution in [0.2, 0.25) is 0 Å². The summed E-state index contributed by atoms with van der Waals surface area (Å²) in [7, 11) is 0. The van der Waals surface area contributed by atoms with Crippen molar-refractivity contribution in [3.8, 4) is 28.3 Å². The fourth-order valence-electron chi connectivity index (χ4n) is 3.39. The molecule has 0 atom stereocenters. The van der Waals surface area contributed by atoms with Crippen molar-refractivity contribution in [3.63, 3.8) is 0 Å². The first kappa shape index (κ1) is 17.7. The number of imidazole rings is 1. The third kappa shape index (κ3) is 3.20. The second-order valence-corrected chi connectivity index (χ2v) is 6.72. The molecule has 2 aromatic heterocycles. The van der Waals surface area contributed by atoms with E-state index in [1.165, 1.54) is 0 Å². The minimum absolute atomic E-state index is 0.420. The Labute approximate surface area is 170 Å². The zero-order valence-corrected chi connectivity index (χ0v) is 16.0. The number of hydrogen-bond donors (Lipinski definition) is 2. The monoisotopic (exact) mass is 396 g/mol. The molecule has 0 aliphatic carbocycles. The lowest BCUT2D eigenvalue weighted by Gasteiger charge is -2.09. The molecule has 30 heavy (non-hydrogen) atoms. The summed E-state index contributed by atoms with van der Waals surface area (Å²) in [6.07, 6.45) is 0. The summed E-state index contributed by atoms with van der Waals surface area (Å²) >= 11 is 0. The molecule has 0 bridgehead atoms. The molecule has 0 radical (unpaired) electrons. The van der Waals surface area contributed by atoms with Crippen LogP contribution in [0, 0.1) is 6.92 Å². The number of aromatic amines is 2. The topological polar surface area (TPSA) is 109 Å². The van der Waals surface area contributed by atoms with Crippen molar-refractivity contribution in [3.05, 3.63) is 78.1 Å². The smallest absolute Gasteiger partial charge is 0.345 e. The van der Waals surface area contributed by atoms with Gasteiger partial charge in [-0.15, -0.1) is 10.2 Å². The van der Waals surface area contributed by atoms with Gasteiger partial charge in [0, 0.05) is 5.56 Å². The fraction of sp³-hybridized carbons (Fsp3) is 0.0455. The Morgan fingerprint density at radius 2 is 1.73 bits per heavy atom. The van der Waals surface area contributed by atoms with Gasteiger partial charge in [0.05, 0.1) is 11.1 Å². The molecule has 0 unspecified atom stereocenters. The first-order valence-electron chi connectivity index (χ1n) is 9.30. The predicted molar refractivity (Wildman–Crippen MR) is 111 cm³/mol. The highest BCUT2D eigenvalue weighted by Crippen LogP contribution is 2.31. The molecule has 0 amide bonds. The number of benzene rings is 3. The number of carbonyl (C=O) groups excluding carboxylic acids is 1. The highest BCUT2D eigenvalue weighted by molar-refractivity contribution is 6.02. The van der Waals surface area contributed by atoms with Gasteiger partial charge in [0.1, 0.15) is 17.1 Å². The van der Waals surface area contributed by atoms with E-state index >= 15 is 0 Å². The summed E-state index contributed by atoms with van der Waals surface area (Å²) in [6.45, 7) is 1.85. The second-order valence-electron chi connectivity index (χ2n) is 6.72. The van der Waals surface area contributed by atoms with Crippen LogP contribution in [0.1, 0.15) is 16.2 Å². The van der Waals surface area contributed by atoms with Crippen LogP contribution in [-0.4, -0.2) is 36.6 Å². The molecule has 146 valence electrons. The molecule has 3 aromatic carbocycles. The molecule has 5 rings (SSSR count). The van der Waals surface area contributed by atoms with Gasteiger partial charge in [0.15, 0.2) is 0 Å². The normalized spacial score (nSPS) is 11.0. The van der Waals surface area contributed by atoms with Crippen LogP contribution in [-0.2, 0) is 0 Å². The van der Waals surface area contributed by atoms with Crippen LogP contribution in [0.25, 0.3) is 33.5 Å². The van der Waals surface area contributed by atoms with Gasteiger partial charge in [0.25, 0.3) is 0 Å². The first-order valence-corrected chi connectivity index (χ1v) is 9.30. The van der Waals surface area contributed by atoms with E-state index in [9.17, 15) is 4.79 Å². The molecular formula is C22H16N6O2. The maximum absolute atomic E-state index is 12.7. The second kappa shape index (κ2) is 7.25. The minimum Gasteiger partial charge on any atom is -0.423 e. The molecule has 5 aromatic rings. The molecule has 8 heteroatoms. The van der Waals surface area contributed by atoms with Gasteiger partial charge in [-0.2, -0.15) is 5.21 Å². The van der Waals surface area contributed by atoms with Gasteiger partial charge in [0.2, 0.25) is 5.82 Å². The lowest BCUT2D eigenvalue weighted by atomic mass is 9.99. The summed E-state index contributed by atoms with van der Waals surface area (Å²) in [5.41, 5.74) is 4.58. The maximum Gasteiger partial charge on any atom is 0.345 e. The predicted octanol–water partition coefficient (Wildman–Crippen LogP) is 3.94. The number of nitrogens with one attached hydrogen (secondary N) is 2. The van der Waals surface area contributed by atoms with Crippen molar-refractivity contribution < 1.29 is 9.53 Å². The maximum atomic E-state index is 12.7. The van der Waals surface area contributed by atoms with Crippen molar-refractivity contribution in [1.82, 2.24) is 30.6 Å². The van der Waals surface area contributed by atoms with Gasteiger partial charge in [-0.05, 0) is 47.5 Å². The van der Waals surface area contributed by atoms with E-state index in [-0.39, 0.29) is 0 Å². The summed E-state index contributed by atoms with van der Waals surface area (Å²) in [5, 5.41) is 14.2. The molecule has 0 spiro atoms. The summed E-state index contributed by atoms with van der Waals surface area (Å²) in [6, 6.07) is 20.5. The lowest BCUT2D eigenvalue weighted by Crippen LogP contribution is -2.09. The third-order valence-corrected chi connectivity index (χ3v) is 4.74. The Kier molecular flexibility index (Phi) is 4.29. The number of para-hydroxylation sites is 1. The quantitative estimate of drug-likeness (QED) is 0.352. The number of aromatic nitrogens is 6. The number of nitrogens with zero attached hydrogens (tertiary/aromatic N) is 4. The van der Waals surface area contributed by atoms with Crippen molar-refractivity contribution in [2.45, 2.75) is 6.92 Å².